The third-order valence-corrected chi connectivity index (χ3v) is 5.36. The molecule has 1 N–H and O–H groups in total. The molecule has 0 aromatic carbocycles. The van der Waals surface area contributed by atoms with Crippen LogP contribution in [0.25, 0.3) is 0 Å². The number of allylic oxidation sites excluding steroid dienone is 1. The topological polar surface area (TPSA) is 32.6 Å². The van der Waals surface area contributed by atoms with Gasteiger partial charge < -0.3 is 0 Å². The maximum atomic E-state index is 8.09. The van der Waals surface area contributed by atoms with E-state index in [4.69, 9.17) is 5.21 Å². The van der Waals surface area contributed by atoms with Crippen molar-refractivity contribution < 1.29 is 5.21 Å². The monoisotopic (exact) mass is 226 g/mol. The van der Waals surface area contributed by atoms with Crippen molar-refractivity contribution in [3.05, 3.63) is 9.91 Å². The molecule has 0 aromatic heterocycles. The SMILES string of the molecule is O/N=C/CC1C=[CH][In][CH2]1. The Balaban J connectivity index is 2.20. The van der Waals surface area contributed by atoms with Crippen molar-refractivity contribution in [3.8, 4) is 0 Å². The Kier molecular flexibility index (Phi) is 3.18. The molecule has 1 rings (SSSR count). The molecule has 47 valence electrons. The molecule has 0 spiro atoms. The Morgan fingerprint density at radius 1 is 1.89 bits per heavy atom. The van der Waals surface area contributed by atoms with E-state index in [0.29, 0.717) is 5.92 Å². The van der Waals surface area contributed by atoms with E-state index in [1.165, 1.54) is 4.18 Å². The van der Waals surface area contributed by atoms with Crippen LogP contribution in [0.4, 0.5) is 0 Å². The molecule has 1 radical (unpaired) electrons. The van der Waals surface area contributed by atoms with Crippen molar-refractivity contribution in [2.45, 2.75) is 10.6 Å². The molecule has 3 heteroatoms. The second kappa shape index (κ2) is 3.99. The van der Waals surface area contributed by atoms with Gasteiger partial charge in [0.25, 0.3) is 0 Å². The molecule has 1 aliphatic heterocycles. The van der Waals surface area contributed by atoms with E-state index in [2.05, 4.69) is 15.1 Å². The van der Waals surface area contributed by atoms with Crippen LogP contribution >= 0.6 is 0 Å². The van der Waals surface area contributed by atoms with Crippen LogP contribution in [0.2, 0.25) is 4.18 Å². The molecular formula is C6H9InNO. The average Bonchev–Trinajstić information content (AvgIpc) is 2.34. The van der Waals surface area contributed by atoms with Gasteiger partial charge in [0.1, 0.15) is 0 Å². The third-order valence-electron chi connectivity index (χ3n) is 1.45. The van der Waals surface area contributed by atoms with E-state index in [9.17, 15) is 0 Å². The summed E-state index contributed by atoms with van der Waals surface area (Å²) in [5.41, 5.74) is 0. The molecule has 0 amide bonds. The number of nitrogens with zero attached hydrogens (tertiary/aromatic N) is 1. The normalized spacial score (nSPS) is 25.1. The summed E-state index contributed by atoms with van der Waals surface area (Å²) in [6, 6.07) is 0. The van der Waals surface area contributed by atoms with Crippen LogP contribution in [0.15, 0.2) is 15.1 Å². The zero-order valence-electron chi connectivity index (χ0n) is 5.20. The predicted molar refractivity (Wildman–Crippen MR) is 38.1 cm³/mol. The Bertz CT molecular complexity index is 133. The molecule has 0 aliphatic carbocycles. The fraction of sp³-hybridized carbons (Fsp3) is 0.500. The summed E-state index contributed by atoms with van der Waals surface area (Å²) in [5.74, 6) is 0.710. The van der Waals surface area contributed by atoms with Crippen molar-refractivity contribution in [2.75, 3.05) is 0 Å². The van der Waals surface area contributed by atoms with Crippen LogP contribution in [-0.2, 0) is 0 Å². The fourth-order valence-corrected chi connectivity index (χ4v) is 4.71. The van der Waals surface area contributed by atoms with Gasteiger partial charge in [-0.3, -0.25) is 0 Å². The third kappa shape index (κ3) is 2.43. The zero-order valence-corrected chi connectivity index (χ0v) is 8.49. The summed E-state index contributed by atoms with van der Waals surface area (Å²) in [5, 5.41) is 11.0. The Morgan fingerprint density at radius 2 is 2.78 bits per heavy atom. The standard InChI is InChI=1S/C6H9NO.In/c1-3-6(2)4-5-7-8;/h1,3,5-6,8H,2,4H2;/b3-1?,7-5+;. The number of rotatable bonds is 2. The van der Waals surface area contributed by atoms with E-state index in [-0.39, 0.29) is 22.9 Å². The van der Waals surface area contributed by atoms with Crippen LogP contribution in [-0.4, -0.2) is 34.3 Å². The minimum atomic E-state index is -0.239. The molecule has 9 heavy (non-hydrogen) atoms. The molecule has 0 saturated carbocycles. The zero-order chi connectivity index (χ0) is 6.53. The predicted octanol–water partition coefficient (Wildman–Crippen LogP) is 1.10. The summed E-state index contributed by atoms with van der Waals surface area (Å²) in [7, 11) is 0. The van der Waals surface area contributed by atoms with Crippen molar-refractivity contribution >= 4 is 29.1 Å². The van der Waals surface area contributed by atoms with Gasteiger partial charge in [0.2, 0.25) is 0 Å². The fourth-order valence-electron chi connectivity index (χ4n) is 0.925. The Hall–Kier alpha value is 0.0801. The van der Waals surface area contributed by atoms with Gasteiger partial charge in [0.15, 0.2) is 0 Å². The molecule has 1 heterocycles. The number of hydrogen-bond acceptors (Lipinski definition) is 2. The van der Waals surface area contributed by atoms with Crippen molar-refractivity contribution in [1.82, 2.24) is 0 Å². The van der Waals surface area contributed by atoms with E-state index in [1.807, 2.05) is 0 Å². The Labute approximate surface area is 66.0 Å². The summed E-state index contributed by atoms with van der Waals surface area (Å²) in [6.07, 6.45) is 4.78. The van der Waals surface area contributed by atoms with Crippen LogP contribution in [0.1, 0.15) is 6.42 Å². The van der Waals surface area contributed by atoms with E-state index < -0.39 is 0 Å². The summed E-state index contributed by atoms with van der Waals surface area (Å²) in [6.45, 7) is 0. The van der Waals surface area contributed by atoms with Crippen LogP contribution in [0, 0.1) is 5.92 Å². The minimum absolute atomic E-state index is 0.239. The van der Waals surface area contributed by atoms with Crippen LogP contribution in [0.5, 0.6) is 0 Å². The maximum absolute atomic E-state index is 8.09. The molecule has 0 aromatic rings. The van der Waals surface area contributed by atoms with E-state index in [0.717, 1.165) is 6.42 Å². The van der Waals surface area contributed by atoms with Gasteiger partial charge in [-0.2, -0.15) is 0 Å². The molecule has 1 aliphatic rings. The summed E-state index contributed by atoms with van der Waals surface area (Å²) in [4.78, 5) is 0. The van der Waals surface area contributed by atoms with Gasteiger partial charge in [0.05, 0.1) is 0 Å². The first-order valence-electron chi connectivity index (χ1n) is 3.09. The first-order chi connectivity index (χ1) is 4.43. The quantitative estimate of drug-likeness (QED) is 0.426. The van der Waals surface area contributed by atoms with Crippen molar-refractivity contribution in [2.24, 2.45) is 11.1 Å². The van der Waals surface area contributed by atoms with E-state index >= 15 is 0 Å². The number of oxime groups is 1. The molecule has 0 fully saturated rings. The average molecular weight is 226 g/mol. The van der Waals surface area contributed by atoms with Crippen LogP contribution in [0.3, 0.4) is 0 Å². The van der Waals surface area contributed by atoms with Crippen LogP contribution < -0.4 is 0 Å². The van der Waals surface area contributed by atoms with Crippen molar-refractivity contribution in [3.63, 3.8) is 0 Å². The van der Waals surface area contributed by atoms with Gasteiger partial charge in [0, 0.05) is 0 Å². The number of hydrogen-bond donors (Lipinski definition) is 1. The summed E-state index contributed by atoms with van der Waals surface area (Å²) < 4.78 is 3.77. The molecule has 2 nitrogen and oxygen atoms in total. The first kappa shape index (κ1) is 7.19. The first-order valence-corrected chi connectivity index (χ1v) is 7.32. The second-order valence-electron chi connectivity index (χ2n) is 2.15. The second-order valence-corrected chi connectivity index (χ2v) is 5.94. The Morgan fingerprint density at radius 3 is 3.33 bits per heavy atom. The molecule has 0 bridgehead atoms. The van der Waals surface area contributed by atoms with Gasteiger partial charge >= 0.3 is 65.9 Å². The van der Waals surface area contributed by atoms with Crippen molar-refractivity contribution in [1.29, 1.82) is 0 Å². The molecule has 1 atom stereocenters. The van der Waals surface area contributed by atoms with Gasteiger partial charge in [-0.1, -0.05) is 0 Å². The van der Waals surface area contributed by atoms with Gasteiger partial charge in [-0.05, 0) is 0 Å². The van der Waals surface area contributed by atoms with Gasteiger partial charge in [-0.25, -0.2) is 0 Å². The van der Waals surface area contributed by atoms with E-state index in [1.54, 1.807) is 6.21 Å². The summed E-state index contributed by atoms with van der Waals surface area (Å²) >= 11 is -0.239. The molecule has 0 saturated heterocycles. The van der Waals surface area contributed by atoms with Gasteiger partial charge in [-0.15, -0.1) is 0 Å². The molecular weight excluding hydrogens is 217 g/mol. The molecule has 1 unspecified atom stereocenters.